The third-order valence-corrected chi connectivity index (χ3v) is 5.05. The average molecular weight is 252 g/mol. The van der Waals surface area contributed by atoms with Gasteiger partial charge in [0.2, 0.25) is 0 Å². The smallest absolute Gasteiger partial charge is 0.0623 e. The van der Waals surface area contributed by atoms with Crippen molar-refractivity contribution in [3.8, 4) is 0 Å². The minimum atomic E-state index is 0.599. The van der Waals surface area contributed by atoms with Crippen molar-refractivity contribution >= 4 is 0 Å². The van der Waals surface area contributed by atoms with Gasteiger partial charge in [-0.25, -0.2) is 0 Å². The van der Waals surface area contributed by atoms with E-state index < -0.39 is 0 Å². The van der Waals surface area contributed by atoms with Gasteiger partial charge < -0.3 is 15.4 Å². The number of ether oxygens (including phenoxy) is 1. The molecule has 0 aromatic rings. The lowest BCUT2D eigenvalue weighted by Gasteiger charge is -2.33. The van der Waals surface area contributed by atoms with Crippen molar-refractivity contribution in [3.05, 3.63) is 0 Å². The molecule has 0 bridgehead atoms. The molecule has 0 amide bonds. The van der Waals surface area contributed by atoms with Gasteiger partial charge in [0, 0.05) is 24.7 Å². The van der Waals surface area contributed by atoms with Crippen molar-refractivity contribution in [2.75, 3.05) is 19.8 Å². The van der Waals surface area contributed by atoms with Crippen LogP contribution in [0.1, 0.15) is 45.4 Å². The summed E-state index contributed by atoms with van der Waals surface area (Å²) < 4.78 is 5.63. The maximum Gasteiger partial charge on any atom is 0.0623 e. The normalized spacial score (nSPS) is 44.2. The lowest BCUT2D eigenvalue weighted by Crippen LogP contribution is -2.51. The van der Waals surface area contributed by atoms with Crippen molar-refractivity contribution in [3.63, 3.8) is 0 Å². The summed E-state index contributed by atoms with van der Waals surface area (Å²) in [5.74, 6) is 1.78. The lowest BCUT2D eigenvalue weighted by molar-refractivity contribution is 0.0523. The molecule has 0 spiro atoms. The van der Waals surface area contributed by atoms with Gasteiger partial charge in [-0.1, -0.05) is 19.8 Å². The first-order chi connectivity index (χ1) is 8.88. The van der Waals surface area contributed by atoms with Crippen LogP contribution in [0.3, 0.4) is 0 Å². The highest BCUT2D eigenvalue weighted by atomic mass is 16.5. The Labute approximate surface area is 111 Å². The van der Waals surface area contributed by atoms with Crippen LogP contribution in [0.4, 0.5) is 0 Å². The van der Waals surface area contributed by atoms with Crippen LogP contribution in [-0.2, 0) is 4.74 Å². The highest BCUT2D eigenvalue weighted by Gasteiger charge is 2.41. The second-order valence-electron chi connectivity index (χ2n) is 6.39. The van der Waals surface area contributed by atoms with Crippen molar-refractivity contribution in [2.24, 2.45) is 11.8 Å². The van der Waals surface area contributed by atoms with Crippen molar-refractivity contribution < 1.29 is 4.74 Å². The summed E-state index contributed by atoms with van der Waals surface area (Å²) in [6.07, 6.45) is 8.33. The maximum absolute atomic E-state index is 5.63. The maximum atomic E-state index is 5.63. The zero-order chi connectivity index (χ0) is 12.4. The van der Waals surface area contributed by atoms with Gasteiger partial charge >= 0.3 is 0 Å². The summed E-state index contributed by atoms with van der Waals surface area (Å²) in [5, 5.41) is 7.60. The zero-order valence-corrected chi connectivity index (χ0v) is 11.7. The summed E-state index contributed by atoms with van der Waals surface area (Å²) in [5.41, 5.74) is 0. The predicted octanol–water partition coefficient (Wildman–Crippen LogP) is 1.92. The Hall–Kier alpha value is -0.120. The molecule has 0 aromatic carbocycles. The second-order valence-corrected chi connectivity index (χ2v) is 6.39. The van der Waals surface area contributed by atoms with Gasteiger partial charge in [0.15, 0.2) is 0 Å². The predicted molar refractivity (Wildman–Crippen MR) is 73.7 cm³/mol. The molecule has 2 N–H and O–H groups in total. The Kier molecular flexibility index (Phi) is 4.22. The number of hydrogen-bond donors (Lipinski definition) is 2. The number of morpholine rings is 1. The van der Waals surface area contributed by atoms with Crippen molar-refractivity contribution in [1.29, 1.82) is 0 Å². The van der Waals surface area contributed by atoms with E-state index in [-0.39, 0.29) is 0 Å². The fraction of sp³-hybridized carbons (Fsp3) is 1.00. The molecule has 3 aliphatic rings. The van der Waals surface area contributed by atoms with Gasteiger partial charge in [0.25, 0.3) is 0 Å². The van der Waals surface area contributed by atoms with E-state index in [0.717, 1.165) is 43.7 Å². The van der Waals surface area contributed by atoms with E-state index in [4.69, 9.17) is 4.74 Å². The van der Waals surface area contributed by atoms with E-state index in [2.05, 4.69) is 17.6 Å². The fourth-order valence-electron chi connectivity index (χ4n) is 3.95. The highest BCUT2D eigenvalue weighted by molar-refractivity contribution is 4.99. The average Bonchev–Trinajstić information content (AvgIpc) is 2.96. The van der Waals surface area contributed by atoms with E-state index in [1.165, 1.54) is 38.5 Å². The van der Waals surface area contributed by atoms with Crippen LogP contribution in [0.15, 0.2) is 0 Å². The molecule has 0 aromatic heterocycles. The van der Waals surface area contributed by atoms with E-state index in [1.807, 2.05) is 0 Å². The van der Waals surface area contributed by atoms with Crippen molar-refractivity contribution in [2.45, 2.75) is 63.6 Å². The van der Waals surface area contributed by atoms with Crippen LogP contribution in [0.2, 0.25) is 0 Å². The van der Waals surface area contributed by atoms with Gasteiger partial charge in [-0.2, -0.15) is 0 Å². The largest absolute Gasteiger partial charge is 0.379 e. The Balaban J connectivity index is 1.48. The molecule has 1 saturated heterocycles. The molecule has 0 radical (unpaired) electrons. The van der Waals surface area contributed by atoms with Crippen LogP contribution in [0.25, 0.3) is 0 Å². The lowest BCUT2D eigenvalue weighted by atomic mass is 9.94. The minimum absolute atomic E-state index is 0.599. The molecule has 3 fully saturated rings. The number of nitrogens with one attached hydrogen (secondary N) is 2. The molecule has 1 aliphatic heterocycles. The van der Waals surface area contributed by atoms with Gasteiger partial charge in [0.1, 0.15) is 0 Å². The molecule has 1 heterocycles. The Bertz CT molecular complexity index is 265. The summed E-state index contributed by atoms with van der Waals surface area (Å²) in [4.78, 5) is 0. The van der Waals surface area contributed by atoms with Gasteiger partial charge in [-0.05, 0) is 37.5 Å². The number of rotatable bonds is 5. The first-order valence-electron chi connectivity index (χ1n) is 7.95. The molecule has 5 unspecified atom stereocenters. The van der Waals surface area contributed by atoms with Gasteiger partial charge in [-0.15, -0.1) is 0 Å². The van der Waals surface area contributed by atoms with Gasteiger partial charge in [0.05, 0.1) is 13.2 Å². The minimum Gasteiger partial charge on any atom is -0.379 e. The van der Waals surface area contributed by atoms with Crippen LogP contribution < -0.4 is 10.6 Å². The first-order valence-corrected chi connectivity index (χ1v) is 7.95. The Morgan fingerprint density at radius 2 is 2.22 bits per heavy atom. The summed E-state index contributed by atoms with van der Waals surface area (Å²) >= 11 is 0. The molecule has 2 saturated carbocycles. The molecule has 3 heteroatoms. The Morgan fingerprint density at radius 1 is 1.28 bits per heavy atom. The topological polar surface area (TPSA) is 33.3 Å². The third kappa shape index (κ3) is 2.89. The SMILES string of the molecule is CCCC1CC1NC1CCCC1C1COCCN1. The first kappa shape index (κ1) is 12.9. The summed E-state index contributed by atoms with van der Waals surface area (Å²) in [7, 11) is 0. The summed E-state index contributed by atoms with van der Waals surface area (Å²) in [6.45, 7) is 5.15. The molecule has 3 rings (SSSR count). The highest BCUT2D eigenvalue weighted by Crippen LogP contribution is 2.38. The molecular weight excluding hydrogens is 224 g/mol. The molecule has 3 nitrogen and oxygen atoms in total. The monoisotopic (exact) mass is 252 g/mol. The van der Waals surface area contributed by atoms with E-state index >= 15 is 0 Å². The van der Waals surface area contributed by atoms with Crippen LogP contribution in [0, 0.1) is 11.8 Å². The molecule has 5 atom stereocenters. The van der Waals surface area contributed by atoms with E-state index in [1.54, 1.807) is 0 Å². The van der Waals surface area contributed by atoms with Crippen LogP contribution in [-0.4, -0.2) is 37.9 Å². The molecular formula is C15H28N2O. The molecule has 2 aliphatic carbocycles. The Morgan fingerprint density at radius 3 is 3.00 bits per heavy atom. The number of hydrogen-bond acceptors (Lipinski definition) is 3. The van der Waals surface area contributed by atoms with E-state index in [0.29, 0.717) is 6.04 Å². The second kappa shape index (κ2) is 5.89. The van der Waals surface area contributed by atoms with Crippen LogP contribution >= 0.6 is 0 Å². The standard InChI is InChI=1S/C15H28N2O/c1-2-4-11-9-14(11)17-13-6-3-5-12(13)15-10-18-8-7-16-15/h11-17H,2-10H2,1H3. The quantitative estimate of drug-likeness (QED) is 0.784. The van der Waals surface area contributed by atoms with E-state index in [9.17, 15) is 0 Å². The third-order valence-electron chi connectivity index (χ3n) is 5.05. The molecule has 104 valence electrons. The fourth-order valence-corrected chi connectivity index (χ4v) is 3.95. The zero-order valence-electron chi connectivity index (χ0n) is 11.7. The summed E-state index contributed by atoms with van der Waals surface area (Å²) in [6, 6.07) is 2.18. The van der Waals surface area contributed by atoms with Gasteiger partial charge in [-0.3, -0.25) is 0 Å². The molecule has 18 heavy (non-hydrogen) atoms. The van der Waals surface area contributed by atoms with Crippen molar-refractivity contribution in [1.82, 2.24) is 10.6 Å². The van der Waals surface area contributed by atoms with Crippen LogP contribution in [0.5, 0.6) is 0 Å².